The molecule has 5 atom stereocenters. The molecule has 2 aromatic carbocycles. The van der Waals surface area contributed by atoms with Crippen LogP contribution in [0.5, 0.6) is 0 Å². The smallest absolute Gasteiger partial charge is 0.382 e. The maximum atomic E-state index is 13.6. The number of carbonyl (C=O) groups excluding carboxylic acids is 5. The predicted octanol–water partition coefficient (Wildman–Crippen LogP) is 2.34. The number of primary amides is 1. The number of aromatic nitrogens is 1. The Morgan fingerprint density at radius 1 is 0.804 bits per heavy atom. The van der Waals surface area contributed by atoms with Crippen molar-refractivity contribution in [2.24, 2.45) is 11.7 Å². The number of nitrogens with one attached hydrogen (secondary N) is 4. The highest BCUT2D eigenvalue weighted by Gasteiger charge is 2.44. The normalized spacial score (nSPS) is 14.4. The van der Waals surface area contributed by atoms with E-state index in [2.05, 4.69) is 20.9 Å². The molecule has 7 N–H and O–H groups in total. The summed E-state index contributed by atoms with van der Waals surface area (Å²) in [4.78, 5) is 68.7. The van der Waals surface area contributed by atoms with E-state index in [-0.39, 0.29) is 12.8 Å². The zero-order chi connectivity index (χ0) is 37.7. The highest BCUT2D eigenvalue weighted by molar-refractivity contribution is 5.94. The van der Waals surface area contributed by atoms with Gasteiger partial charge in [0, 0.05) is 24.6 Å². The summed E-state index contributed by atoms with van der Waals surface area (Å²) in [5.74, 6) is -4.38. The molecule has 3 aromatic rings. The van der Waals surface area contributed by atoms with Crippen molar-refractivity contribution in [3.8, 4) is 11.3 Å². The van der Waals surface area contributed by atoms with Crippen molar-refractivity contribution < 1.29 is 42.3 Å². The molecule has 15 heteroatoms. The second-order valence-corrected chi connectivity index (χ2v) is 12.5. The van der Waals surface area contributed by atoms with Gasteiger partial charge in [0.15, 0.2) is 6.10 Å². The number of nitrogens with two attached hydrogens (primary N) is 1. The molecule has 0 aliphatic carbocycles. The van der Waals surface area contributed by atoms with Gasteiger partial charge < -0.3 is 32.1 Å². The molecule has 0 fully saturated rings. The van der Waals surface area contributed by atoms with Gasteiger partial charge in [-0.3, -0.25) is 29.0 Å². The minimum absolute atomic E-state index is 0.0290. The largest absolute Gasteiger partial charge is 0.416 e. The van der Waals surface area contributed by atoms with Crippen molar-refractivity contribution in [1.82, 2.24) is 26.3 Å². The summed E-state index contributed by atoms with van der Waals surface area (Å²) in [6.07, 6.45) is -7.76. The average molecular weight is 713 g/mol. The van der Waals surface area contributed by atoms with E-state index in [1.807, 2.05) is 35.6 Å². The molecule has 51 heavy (non-hydrogen) atoms. The number of nitrogens with zero attached hydrogens (tertiary/aromatic N) is 1. The molecule has 274 valence electrons. The quantitative estimate of drug-likeness (QED) is 0.124. The van der Waals surface area contributed by atoms with Gasteiger partial charge in [0.2, 0.25) is 29.5 Å². The Morgan fingerprint density at radius 3 is 2.02 bits per heavy atom. The Labute approximate surface area is 293 Å². The Hall–Kier alpha value is -5.31. The first-order valence-corrected chi connectivity index (χ1v) is 16.3. The molecule has 0 saturated heterocycles. The number of carbonyl (C=O) groups is 5. The molecule has 1 aromatic heterocycles. The fourth-order valence-corrected chi connectivity index (χ4v) is 5.14. The van der Waals surface area contributed by atoms with Crippen molar-refractivity contribution in [2.45, 2.75) is 82.9 Å². The summed E-state index contributed by atoms with van der Waals surface area (Å²) in [5.41, 5.74) is 7.89. The van der Waals surface area contributed by atoms with Gasteiger partial charge in [-0.15, -0.1) is 0 Å². The molecule has 2 unspecified atom stereocenters. The highest BCUT2D eigenvalue weighted by atomic mass is 19.4. The van der Waals surface area contributed by atoms with E-state index in [0.29, 0.717) is 16.8 Å². The van der Waals surface area contributed by atoms with E-state index < -0.39 is 84.7 Å². The lowest BCUT2D eigenvalue weighted by molar-refractivity contribution is -0.212. The van der Waals surface area contributed by atoms with Gasteiger partial charge in [-0.05, 0) is 42.5 Å². The minimum atomic E-state index is -5.11. The number of hydrogen-bond donors (Lipinski definition) is 6. The summed E-state index contributed by atoms with van der Waals surface area (Å²) < 4.78 is 39.8. The van der Waals surface area contributed by atoms with Gasteiger partial charge in [-0.1, -0.05) is 74.5 Å². The van der Waals surface area contributed by atoms with E-state index in [0.717, 1.165) is 5.56 Å². The zero-order valence-electron chi connectivity index (χ0n) is 28.4. The third kappa shape index (κ3) is 12.8. The maximum Gasteiger partial charge on any atom is 0.416 e. The van der Waals surface area contributed by atoms with E-state index in [9.17, 15) is 42.3 Å². The Morgan fingerprint density at radius 2 is 1.43 bits per heavy atom. The lowest BCUT2D eigenvalue weighted by Crippen LogP contribution is -2.59. The lowest BCUT2D eigenvalue weighted by Gasteiger charge is -2.28. The van der Waals surface area contributed by atoms with Crippen LogP contribution in [0.2, 0.25) is 0 Å². The number of aliphatic hydroxyl groups is 1. The van der Waals surface area contributed by atoms with Crippen LogP contribution in [0.4, 0.5) is 13.2 Å². The maximum absolute atomic E-state index is 13.6. The second-order valence-electron chi connectivity index (χ2n) is 12.5. The number of amides is 5. The van der Waals surface area contributed by atoms with E-state index in [1.165, 1.54) is 6.92 Å². The molecule has 12 nitrogen and oxygen atoms in total. The fraction of sp³-hybridized carbons (Fsp3) is 0.389. The van der Waals surface area contributed by atoms with Crippen LogP contribution in [0.15, 0.2) is 79.0 Å². The van der Waals surface area contributed by atoms with Crippen LogP contribution in [0.1, 0.15) is 44.7 Å². The van der Waals surface area contributed by atoms with Crippen LogP contribution in [0.25, 0.3) is 11.3 Å². The molecule has 0 spiro atoms. The number of aliphatic hydroxyl groups excluding tert-OH is 1. The molecule has 3 rings (SSSR count). The molecule has 5 amide bonds. The molecule has 0 aliphatic rings. The number of hydrogen-bond acceptors (Lipinski definition) is 7. The number of rotatable bonds is 17. The van der Waals surface area contributed by atoms with Crippen LogP contribution in [-0.2, 0) is 36.8 Å². The molecule has 0 saturated carbocycles. The van der Waals surface area contributed by atoms with Crippen LogP contribution < -0.4 is 27.0 Å². The van der Waals surface area contributed by atoms with Crippen LogP contribution in [-0.4, -0.2) is 76.1 Å². The van der Waals surface area contributed by atoms with Gasteiger partial charge in [-0.2, -0.15) is 13.2 Å². The standard InChI is InChI=1S/C36H43F3N6O6/c1-21(2)31(45-30(47)20-24-16-17-41-27(19-24)25-12-8-5-9-13-25)35(51)44-28(18-23-10-6-4-7-11-23)34(50)42-22(3)33(49)43-26(14-15-29(40)46)32(48)36(37,38)39/h4-13,16-17,19,21-22,26,28,31-32,48H,14-15,18,20H2,1-3H3,(H2,40,46)(H,42,50)(H,43,49)(H,44,51)(H,45,47)/t22-,26?,28-,31-,32?/m0/s1. The fourth-order valence-electron chi connectivity index (χ4n) is 5.14. The van der Waals surface area contributed by atoms with Gasteiger partial charge in [0.05, 0.1) is 18.2 Å². The molecule has 1 heterocycles. The first-order valence-electron chi connectivity index (χ1n) is 16.3. The number of halogens is 3. The van der Waals surface area contributed by atoms with Gasteiger partial charge in [0.25, 0.3) is 0 Å². The Balaban J connectivity index is 1.73. The number of alkyl halides is 3. The van der Waals surface area contributed by atoms with Crippen molar-refractivity contribution >= 4 is 29.5 Å². The first-order chi connectivity index (χ1) is 24.0. The molecular formula is C36H43F3N6O6. The van der Waals surface area contributed by atoms with Crippen molar-refractivity contribution in [3.05, 3.63) is 90.1 Å². The van der Waals surface area contributed by atoms with E-state index in [4.69, 9.17) is 5.73 Å². The van der Waals surface area contributed by atoms with Crippen LogP contribution >= 0.6 is 0 Å². The SMILES string of the molecule is CC(C)[C@H](NC(=O)Cc1ccnc(-c2ccccc2)c1)C(=O)N[C@@H](Cc1ccccc1)C(=O)N[C@@H](C)C(=O)NC(CCC(N)=O)C(O)C(F)(F)F. The summed E-state index contributed by atoms with van der Waals surface area (Å²) in [6.45, 7) is 4.64. The van der Waals surface area contributed by atoms with E-state index >= 15 is 0 Å². The van der Waals surface area contributed by atoms with Gasteiger partial charge >= 0.3 is 6.18 Å². The first kappa shape index (κ1) is 40.1. The van der Waals surface area contributed by atoms with E-state index in [1.54, 1.807) is 62.5 Å². The van der Waals surface area contributed by atoms with Crippen LogP contribution in [0.3, 0.4) is 0 Å². The van der Waals surface area contributed by atoms with Crippen molar-refractivity contribution in [3.63, 3.8) is 0 Å². The van der Waals surface area contributed by atoms with Gasteiger partial charge in [-0.25, -0.2) is 0 Å². The van der Waals surface area contributed by atoms with Crippen molar-refractivity contribution in [1.29, 1.82) is 0 Å². The Bertz CT molecular complexity index is 1640. The molecule has 0 radical (unpaired) electrons. The number of pyridine rings is 1. The zero-order valence-corrected chi connectivity index (χ0v) is 28.4. The predicted molar refractivity (Wildman–Crippen MR) is 182 cm³/mol. The average Bonchev–Trinajstić information content (AvgIpc) is 3.08. The number of benzene rings is 2. The van der Waals surface area contributed by atoms with Gasteiger partial charge in [0.1, 0.15) is 18.1 Å². The lowest BCUT2D eigenvalue weighted by atomic mass is 10.00. The van der Waals surface area contributed by atoms with Crippen molar-refractivity contribution in [2.75, 3.05) is 0 Å². The summed E-state index contributed by atoms with van der Waals surface area (Å²) in [5, 5.41) is 19.6. The minimum Gasteiger partial charge on any atom is -0.382 e. The third-order valence-corrected chi connectivity index (χ3v) is 7.94. The Kier molecular flexibility index (Phi) is 14.6. The van der Waals surface area contributed by atoms with Crippen LogP contribution in [0, 0.1) is 5.92 Å². The topological polar surface area (TPSA) is 193 Å². The summed E-state index contributed by atoms with van der Waals surface area (Å²) >= 11 is 0. The summed E-state index contributed by atoms with van der Waals surface area (Å²) in [7, 11) is 0. The molecule has 0 bridgehead atoms. The second kappa shape index (κ2) is 18.6. The summed E-state index contributed by atoms with van der Waals surface area (Å²) in [6, 6.07) is 15.8. The highest BCUT2D eigenvalue weighted by Crippen LogP contribution is 2.24. The molecule has 0 aliphatic heterocycles. The molecular weight excluding hydrogens is 669 g/mol. The third-order valence-electron chi connectivity index (χ3n) is 7.94. The monoisotopic (exact) mass is 712 g/mol.